The van der Waals surface area contributed by atoms with Gasteiger partial charge in [0.05, 0.1) is 0 Å². The number of carbonyl (C=O) groups is 2. The lowest BCUT2D eigenvalue weighted by Crippen LogP contribution is -2.13. The third-order valence-corrected chi connectivity index (χ3v) is 2.36. The van der Waals surface area contributed by atoms with E-state index >= 15 is 0 Å². The van der Waals surface area contributed by atoms with Gasteiger partial charge in [0.25, 0.3) is 5.91 Å². The van der Waals surface area contributed by atoms with Crippen molar-refractivity contribution in [3.05, 3.63) is 54.2 Å². The number of rotatable bonds is 3. The maximum atomic E-state index is 12.0. The van der Waals surface area contributed by atoms with E-state index in [9.17, 15) is 9.59 Å². The van der Waals surface area contributed by atoms with Crippen LogP contribution in [-0.2, 0) is 4.79 Å². The Morgan fingerprint density at radius 2 is 1.79 bits per heavy atom. The number of hydrogen-bond donors (Lipinski definition) is 2. The van der Waals surface area contributed by atoms with Gasteiger partial charge in [-0.05, 0) is 24.3 Å². The van der Waals surface area contributed by atoms with Crippen molar-refractivity contribution >= 4 is 23.3 Å². The standard InChI is InChI=1S/C14H13N3O2/c1-10(18)16-13-9-11(7-8-15-13)14(19)17-12-5-3-2-4-6-12/h2-9H,1H3,(H,17,19)(H,15,16,18). The lowest BCUT2D eigenvalue weighted by Gasteiger charge is -2.06. The third kappa shape index (κ3) is 3.64. The van der Waals surface area contributed by atoms with Crippen LogP contribution in [0.5, 0.6) is 0 Å². The van der Waals surface area contributed by atoms with Crippen molar-refractivity contribution in [2.75, 3.05) is 10.6 Å². The molecule has 0 aliphatic rings. The van der Waals surface area contributed by atoms with Crippen molar-refractivity contribution in [2.45, 2.75) is 6.92 Å². The van der Waals surface area contributed by atoms with E-state index in [4.69, 9.17) is 0 Å². The molecule has 1 heterocycles. The second kappa shape index (κ2) is 5.77. The van der Waals surface area contributed by atoms with Crippen molar-refractivity contribution in [3.63, 3.8) is 0 Å². The van der Waals surface area contributed by atoms with Gasteiger partial charge in [0, 0.05) is 24.4 Å². The van der Waals surface area contributed by atoms with E-state index in [-0.39, 0.29) is 11.8 Å². The van der Waals surface area contributed by atoms with Crippen LogP contribution in [-0.4, -0.2) is 16.8 Å². The van der Waals surface area contributed by atoms with Gasteiger partial charge < -0.3 is 10.6 Å². The van der Waals surface area contributed by atoms with Crippen molar-refractivity contribution in [3.8, 4) is 0 Å². The largest absolute Gasteiger partial charge is 0.322 e. The van der Waals surface area contributed by atoms with Gasteiger partial charge in [-0.2, -0.15) is 0 Å². The molecule has 0 saturated carbocycles. The number of nitrogens with zero attached hydrogens (tertiary/aromatic N) is 1. The van der Waals surface area contributed by atoms with E-state index in [1.807, 2.05) is 18.2 Å². The fourth-order valence-corrected chi connectivity index (χ4v) is 1.55. The minimum Gasteiger partial charge on any atom is -0.322 e. The molecule has 96 valence electrons. The Morgan fingerprint density at radius 3 is 2.47 bits per heavy atom. The zero-order chi connectivity index (χ0) is 13.7. The molecule has 2 amide bonds. The molecule has 0 fully saturated rings. The highest BCUT2D eigenvalue weighted by atomic mass is 16.2. The summed E-state index contributed by atoms with van der Waals surface area (Å²) in [5, 5.41) is 5.29. The fraction of sp³-hybridized carbons (Fsp3) is 0.0714. The number of benzene rings is 1. The zero-order valence-corrected chi connectivity index (χ0v) is 10.4. The van der Waals surface area contributed by atoms with E-state index in [2.05, 4.69) is 15.6 Å². The minimum absolute atomic E-state index is 0.229. The first kappa shape index (κ1) is 12.8. The average Bonchev–Trinajstić information content (AvgIpc) is 2.39. The second-order valence-corrected chi connectivity index (χ2v) is 3.93. The van der Waals surface area contributed by atoms with Gasteiger partial charge in [-0.15, -0.1) is 0 Å². The van der Waals surface area contributed by atoms with Crippen LogP contribution in [0.3, 0.4) is 0 Å². The zero-order valence-electron chi connectivity index (χ0n) is 10.4. The molecule has 0 bridgehead atoms. The molecule has 0 saturated heterocycles. The number of amides is 2. The van der Waals surface area contributed by atoms with Gasteiger partial charge in [-0.25, -0.2) is 4.98 Å². The van der Waals surface area contributed by atoms with Crippen molar-refractivity contribution < 1.29 is 9.59 Å². The van der Waals surface area contributed by atoms with Gasteiger partial charge in [-0.1, -0.05) is 18.2 Å². The summed E-state index contributed by atoms with van der Waals surface area (Å²) < 4.78 is 0. The Hall–Kier alpha value is -2.69. The lowest BCUT2D eigenvalue weighted by molar-refractivity contribution is -0.114. The molecule has 19 heavy (non-hydrogen) atoms. The van der Waals surface area contributed by atoms with Gasteiger partial charge in [0.1, 0.15) is 5.82 Å². The molecule has 1 aromatic heterocycles. The van der Waals surface area contributed by atoms with Crippen molar-refractivity contribution in [1.29, 1.82) is 0 Å². The molecule has 0 atom stereocenters. The number of nitrogens with one attached hydrogen (secondary N) is 2. The third-order valence-electron chi connectivity index (χ3n) is 2.36. The smallest absolute Gasteiger partial charge is 0.255 e. The predicted molar refractivity (Wildman–Crippen MR) is 72.9 cm³/mol. The Morgan fingerprint density at radius 1 is 1.05 bits per heavy atom. The number of hydrogen-bond acceptors (Lipinski definition) is 3. The summed E-state index contributed by atoms with van der Waals surface area (Å²) >= 11 is 0. The Labute approximate surface area is 110 Å². The summed E-state index contributed by atoms with van der Waals surface area (Å²) in [5.41, 5.74) is 1.15. The van der Waals surface area contributed by atoms with Crippen molar-refractivity contribution in [2.24, 2.45) is 0 Å². The lowest BCUT2D eigenvalue weighted by atomic mass is 10.2. The van der Waals surface area contributed by atoms with E-state index in [0.717, 1.165) is 0 Å². The number of para-hydroxylation sites is 1. The fourth-order valence-electron chi connectivity index (χ4n) is 1.55. The molecule has 0 spiro atoms. The van der Waals surface area contributed by atoms with E-state index in [1.54, 1.807) is 18.2 Å². The van der Waals surface area contributed by atoms with Gasteiger partial charge >= 0.3 is 0 Å². The van der Waals surface area contributed by atoms with E-state index < -0.39 is 0 Å². The summed E-state index contributed by atoms with van der Waals surface area (Å²) in [6.45, 7) is 1.39. The van der Waals surface area contributed by atoms with E-state index in [0.29, 0.717) is 17.1 Å². The summed E-state index contributed by atoms with van der Waals surface area (Å²) in [5.74, 6) is -0.124. The normalized spacial score (nSPS) is 9.74. The average molecular weight is 255 g/mol. The first-order chi connectivity index (χ1) is 9.15. The monoisotopic (exact) mass is 255 g/mol. The van der Waals surface area contributed by atoms with Crippen LogP contribution in [0.2, 0.25) is 0 Å². The molecular formula is C14H13N3O2. The molecule has 0 aliphatic carbocycles. The van der Waals surface area contributed by atoms with Crippen LogP contribution in [0.15, 0.2) is 48.7 Å². The Bertz CT molecular complexity index is 597. The number of aromatic nitrogens is 1. The molecule has 2 aromatic rings. The molecule has 2 rings (SSSR count). The summed E-state index contributed by atoms with van der Waals surface area (Å²) in [4.78, 5) is 26.9. The second-order valence-electron chi connectivity index (χ2n) is 3.93. The molecule has 0 aliphatic heterocycles. The van der Waals surface area contributed by atoms with Crippen LogP contribution in [0.25, 0.3) is 0 Å². The molecular weight excluding hydrogens is 242 g/mol. The van der Waals surface area contributed by atoms with Crippen LogP contribution in [0, 0.1) is 0 Å². The van der Waals surface area contributed by atoms with Gasteiger partial charge in [0.15, 0.2) is 0 Å². The summed E-state index contributed by atoms with van der Waals surface area (Å²) in [7, 11) is 0. The van der Waals surface area contributed by atoms with Crippen LogP contribution >= 0.6 is 0 Å². The summed E-state index contributed by atoms with van der Waals surface area (Å²) in [6.07, 6.45) is 1.48. The molecule has 2 N–H and O–H groups in total. The minimum atomic E-state index is -0.250. The number of pyridine rings is 1. The van der Waals surface area contributed by atoms with Crippen LogP contribution in [0.4, 0.5) is 11.5 Å². The molecule has 0 unspecified atom stereocenters. The highest BCUT2D eigenvalue weighted by Crippen LogP contribution is 2.11. The predicted octanol–water partition coefficient (Wildman–Crippen LogP) is 2.29. The Kier molecular flexibility index (Phi) is 3.87. The quantitative estimate of drug-likeness (QED) is 0.884. The SMILES string of the molecule is CC(=O)Nc1cc(C(=O)Nc2ccccc2)ccn1. The van der Waals surface area contributed by atoms with Crippen LogP contribution in [0.1, 0.15) is 17.3 Å². The molecule has 5 nitrogen and oxygen atoms in total. The topological polar surface area (TPSA) is 71.1 Å². The first-order valence-electron chi connectivity index (χ1n) is 5.75. The Balaban J connectivity index is 2.13. The molecule has 1 aromatic carbocycles. The van der Waals surface area contributed by atoms with Crippen molar-refractivity contribution in [1.82, 2.24) is 4.98 Å². The highest BCUT2D eigenvalue weighted by molar-refractivity contribution is 6.05. The molecule has 5 heteroatoms. The van der Waals surface area contributed by atoms with Gasteiger partial charge in [0.2, 0.25) is 5.91 Å². The van der Waals surface area contributed by atoms with E-state index in [1.165, 1.54) is 19.2 Å². The first-order valence-corrected chi connectivity index (χ1v) is 5.75. The molecule has 0 radical (unpaired) electrons. The highest BCUT2D eigenvalue weighted by Gasteiger charge is 2.07. The number of carbonyl (C=O) groups excluding carboxylic acids is 2. The summed E-state index contributed by atoms with van der Waals surface area (Å²) in [6, 6.07) is 12.3. The maximum absolute atomic E-state index is 12.0. The van der Waals surface area contributed by atoms with Gasteiger partial charge in [-0.3, -0.25) is 9.59 Å². The van der Waals surface area contributed by atoms with Crippen LogP contribution < -0.4 is 10.6 Å². The maximum Gasteiger partial charge on any atom is 0.255 e. The number of anilines is 2.